The Kier molecular flexibility index (Phi) is 4.10. The molecule has 0 saturated heterocycles. The molecule has 0 aromatic heterocycles. The summed E-state index contributed by atoms with van der Waals surface area (Å²) in [5, 5.41) is 9.68. The molecule has 14 heavy (non-hydrogen) atoms. The summed E-state index contributed by atoms with van der Waals surface area (Å²) in [6, 6.07) is 7.49. The summed E-state index contributed by atoms with van der Waals surface area (Å²) in [5.41, 5.74) is 6.22. The van der Waals surface area contributed by atoms with Crippen molar-refractivity contribution in [2.75, 3.05) is 6.54 Å². The van der Waals surface area contributed by atoms with Gasteiger partial charge >= 0.3 is 0 Å². The van der Waals surface area contributed by atoms with Crippen molar-refractivity contribution in [3.63, 3.8) is 0 Å². The van der Waals surface area contributed by atoms with Crippen LogP contribution in [0.15, 0.2) is 33.7 Å². The van der Waals surface area contributed by atoms with Gasteiger partial charge in [-0.3, -0.25) is 4.99 Å². The van der Waals surface area contributed by atoms with Crippen LogP contribution in [0.3, 0.4) is 0 Å². The fraction of sp³-hybridized carbons (Fsp3) is 0.300. The van der Waals surface area contributed by atoms with Crippen LogP contribution >= 0.6 is 15.9 Å². The molecule has 0 saturated carbocycles. The molecule has 1 atom stereocenters. The van der Waals surface area contributed by atoms with Gasteiger partial charge in [0.25, 0.3) is 0 Å². The molecule has 3 N–H and O–H groups in total. The molecule has 1 aromatic rings. The Hall–Kier alpha value is -0.870. The SMILES string of the molecule is CC(N)=NC[C@H](O)c1ccc([76Br])cc1. The number of nitrogens with zero attached hydrogens (tertiary/aromatic N) is 1. The van der Waals surface area contributed by atoms with E-state index in [-0.39, 0.29) is 0 Å². The lowest BCUT2D eigenvalue weighted by atomic mass is 10.1. The molecule has 0 radical (unpaired) electrons. The van der Waals surface area contributed by atoms with Gasteiger partial charge in [-0.05, 0) is 24.6 Å². The lowest BCUT2D eigenvalue weighted by molar-refractivity contribution is 0.187. The summed E-state index contributed by atoms with van der Waals surface area (Å²) in [4.78, 5) is 3.96. The molecule has 0 aliphatic carbocycles. The summed E-state index contributed by atoms with van der Waals surface area (Å²) in [6.07, 6.45) is -0.582. The zero-order valence-corrected chi connectivity index (χ0v) is 9.53. The average Bonchev–Trinajstić information content (AvgIpc) is 2.15. The highest BCUT2D eigenvalue weighted by Crippen LogP contribution is 2.16. The number of nitrogens with two attached hydrogens (primary N) is 1. The number of hydrogen-bond acceptors (Lipinski definition) is 2. The third-order valence-electron chi connectivity index (χ3n) is 1.77. The molecule has 0 amide bonds. The maximum atomic E-state index is 9.68. The Bertz CT molecular complexity index is 317. The van der Waals surface area contributed by atoms with Crippen molar-refractivity contribution in [2.45, 2.75) is 13.0 Å². The van der Waals surface area contributed by atoms with Gasteiger partial charge in [-0.2, -0.15) is 0 Å². The quantitative estimate of drug-likeness (QED) is 0.638. The second kappa shape index (κ2) is 5.12. The maximum absolute atomic E-state index is 9.68. The minimum absolute atomic E-state index is 0.309. The molecular formula is C10H13BrN2O. The number of benzene rings is 1. The molecule has 3 nitrogen and oxygen atoms in total. The van der Waals surface area contributed by atoms with E-state index in [1.807, 2.05) is 24.3 Å². The van der Waals surface area contributed by atoms with Gasteiger partial charge in [-0.15, -0.1) is 0 Å². The molecule has 0 aliphatic heterocycles. The monoisotopic (exact) mass is 253 g/mol. The first-order valence-corrected chi connectivity index (χ1v) is 5.09. The topological polar surface area (TPSA) is 58.6 Å². The Balaban J connectivity index is 2.65. The fourth-order valence-corrected chi connectivity index (χ4v) is 1.29. The fourth-order valence-electron chi connectivity index (χ4n) is 1.02. The van der Waals surface area contributed by atoms with Crippen LogP contribution in [0.4, 0.5) is 0 Å². The van der Waals surface area contributed by atoms with E-state index < -0.39 is 6.10 Å². The van der Waals surface area contributed by atoms with Gasteiger partial charge in [0.1, 0.15) is 0 Å². The predicted molar refractivity (Wildman–Crippen MR) is 61.3 cm³/mol. The van der Waals surface area contributed by atoms with Crippen LogP contribution in [-0.2, 0) is 0 Å². The van der Waals surface area contributed by atoms with Crippen molar-refractivity contribution in [3.8, 4) is 0 Å². The van der Waals surface area contributed by atoms with Crippen molar-refractivity contribution in [2.24, 2.45) is 10.7 Å². The summed E-state index contributed by atoms with van der Waals surface area (Å²) in [5.74, 6) is 0.487. The summed E-state index contributed by atoms with van der Waals surface area (Å²) < 4.78 is 0.993. The molecule has 0 unspecified atom stereocenters. The van der Waals surface area contributed by atoms with Crippen molar-refractivity contribution in [1.82, 2.24) is 0 Å². The minimum Gasteiger partial charge on any atom is -0.388 e. The van der Waals surface area contributed by atoms with Crippen molar-refractivity contribution >= 4 is 21.8 Å². The van der Waals surface area contributed by atoms with E-state index in [1.54, 1.807) is 6.92 Å². The van der Waals surface area contributed by atoms with Crippen LogP contribution in [0.5, 0.6) is 0 Å². The third kappa shape index (κ3) is 3.47. The van der Waals surface area contributed by atoms with Crippen LogP contribution < -0.4 is 5.73 Å². The number of hydrogen-bond donors (Lipinski definition) is 2. The summed E-state index contributed by atoms with van der Waals surface area (Å²) in [6.45, 7) is 2.01. The number of aliphatic imine (C=N–C) groups is 1. The van der Waals surface area contributed by atoms with E-state index in [1.165, 1.54) is 0 Å². The van der Waals surface area contributed by atoms with Gasteiger partial charge in [0.05, 0.1) is 18.5 Å². The van der Waals surface area contributed by atoms with E-state index in [0.717, 1.165) is 10.0 Å². The van der Waals surface area contributed by atoms with Gasteiger partial charge in [-0.25, -0.2) is 0 Å². The summed E-state index contributed by atoms with van der Waals surface area (Å²) in [7, 11) is 0. The smallest absolute Gasteiger partial charge is 0.0985 e. The first kappa shape index (κ1) is 11.2. The van der Waals surface area contributed by atoms with Crippen LogP contribution in [0.1, 0.15) is 18.6 Å². The standard InChI is InChI=1S/C10H13BrN2O/c1-7(12)13-6-10(14)8-2-4-9(11)5-3-8/h2-5,10,14H,6H2,1H3,(H2,12,13)/t10-/m0/s1/i11-4. The second-order valence-corrected chi connectivity index (χ2v) is 3.97. The van der Waals surface area contributed by atoms with Gasteiger partial charge in [0, 0.05) is 4.47 Å². The van der Waals surface area contributed by atoms with Gasteiger partial charge in [0.2, 0.25) is 0 Å². The van der Waals surface area contributed by atoms with Crippen LogP contribution in [-0.4, -0.2) is 17.5 Å². The highest BCUT2D eigenvalue weighted by Gasteiger charge is 2.05. The van der Waals surface area contributed by atoms with Crippen LogP contribution in [0.25, 0.3) is 0 Å². The van der Waals surface area contributed by atoms with Crippen molar-refractivity contribution in [1.29, 1.82) is 0 Å². The van der Waals surface area contributed by atoms with Gasteiger partial charge in [0.15, 0.2) is 0 Å². The lowest BCUT2D eigenvalue weighted by Gasteiger charge is -2.08. The largest absolute Gasteiger partial charge is 0.388 e. The zero-order valence-electron chi connectivity index (χ0n) is 7.94. The molecule has 76 valence electrons. The van der Waals surface area contributed by atoms with Crippen molar-refractivity contribution in [3.05, 3.63) is 34.3 Å². The molecular weight excluding hydrogens is 240 g/mol. The minimum atomic E-state index is -0.582. The van der Waals surface area contributed by atoms with E-state index in [0.29, 0.717) is 12.4 Å². The van der Waals surface area contributed by atoms with E-state index >= 15 is 0 Å². The molecule has 0 bridgehead atoms. The number of halogens is 1. The Morgan fingerprint density at radius 1 is 1.50 bits per heavy atom. The van der Waals surface area contributed by atoms with Crippen LogP contribution in [0, 0.1) is 0 Å². The van der Waals surface area contributed by atoms with E-state index in [9.17, 15) is 5.11 Å². The molecule has 0 spiro atoms. The number of amidine groups is 1. The van der Waals surface area contributed by atoms with Crippen molar-refractivity contribution < 1.29 is 5.11 Å². The summed E-state index contributed by atoms with van der Waals surface area (Å²) >= 11 is 3.33. The Morgan fingerprint density at radius 2 is 2.07 bits per heavy atom. The highest BCUT2D eigenvalue weighted by atomic mass is 75.9. The lowest BCUT2D eigenvalue weighted by Crippen LogP contribution is -2.09. The Labute approximate surface area is 91.8 Å². The molecule has 0 fully saturated rings. The molecule has 4 heteroatoms. The number of aliphatic hydroxyl groups excluding tert-OH is 1. The third-order valence-corrected chi connectivity index (χ3v) is 2.30. The molecule has 1 aromatic carbocycles. The molecule has 1 rings (SSSR count). The normalized spacial score (nSPS) is 14.1. The first-order valence-electron chi connectivity index (χ1n) is 4.29. The number of rotatable bonds is 3. The average molecular weight is 253 g/mol. The van der Waals surface area contributed by atoms with Gasteiger partial charge in [-0.1, -0.05) is 28.1 Å². The zero-order chi connectivity index (χ0) is 10.6. The molecule has 0 aliphatic rings. The molecule has 0 heterocycles. The Morgan fingerprint density at radius 3 is 2.57 bits per heavy atom. The van der Waals surface area contributed by atoms with E-state index in [4.69, 9.17) is 5.73 Å². The van der Waals surface area contributed by atoms with Gasteiger partial charge < -0.3 is 10.8 Å². The van der Waals surface area contributed by atoms with Crippen LogP contribution in [0.2, 0.25) is 0 Å². The maximum Gasteiger partial charge on any atom is 0.0985 e. The first-order chi connectivity index (χ1) is 6.59. The number of aliphatic hydroxyl groups is 1. The predicted octanol–water partition coefficient (Wildman–Crippen LogP) is 1.86. The highest BCUT2D eigenvalue weighted by molar-refractivity contribution is 9.10. The van der Waals surface area contributed by atoms with E-state index in [2.05, 4.69) is 20.9 Å². The second-order valence-electron chi connectivity index (χ2n) is 3.05.